The molecule has 4 heteroatoms. The molecule has 2 N–H and O–H groups in total. The van der Waals surface area contributed by atoms with Gasteiger partial charge in [0, 0.05) is 16.5 Å². The Morgan fingerprint density at radius 2 is 1.71 bits per heavy atom. The van der Waals surface area contributed by atoms with Crippen LogP contribution in [0.4, 0.5) is 0 Å². The molecular formula is C17H15ClN2O. The molecule has 2 unspecified atom stereocenters. The van der Waals surface area contributed by atoms with Crippen LogP contribution in [0.25, 0.3) is 11.0 Å². The number of benzene rings is 2. The number of nitrogens with one attached hydrogen (secondary N) is 2. The molecule has 0 radical (unpaired) electrons. The van der Waals surface area contributed by atoms with Crippen molar-refractivity contribution < 1.29 is 4.42 Å². The van der Waals surface area contributed by atoms with Crippen molar-refractivity contribution in [2.24, 2.45) is 0 Å². The molecule has 4 rings (SSSR count). The summed E-state index contributed by atoms with van der Waals surface area (Å²) >= 11 is 5.94. The molecule has 2 heterocycles. The molecule has 0 amide bonds. The van der Waals surface area contributed by atoms with Crippen LogP contribution >= 0.6 is 11.6 Å². The van der Waals surface area contributed by atoms with Gasteiger partial charge in [-0.1, -0.05) is 41.9 Å². The lowest BCUT2D eigenvalue weighted by molar-refractivity contribution is 0.455. The molecule has 1 fully saturated rings. The maximum absolute atomic E-state index is 5.94. The zero-order chi connectivity index (χ0) is 14.2. The van der Waals surface area contributed by atoms with E-state index in [1.165, 1.54) is 5.56 Å². The summed E-state index contributed by atoms with van der Waals surface area (Å²) in [6.07, 6.45) is 0.946. The minimum absolute atomic E-state index is 0.179. The Balaban J connectivity index is 1.56. The van der Waals surface area contributed by atoms with Crippen LogP contribution in [0.5, 0.6) is 0 Å². The van der Waals surface area contributed by atoms with Crippen LogP contribution in [0, 0.1) is 0 Å². The standard InChI is InChI=1S/C17H15ClN2O/c18-13-7-5-11(6-8-13)14-10-15(20-19-14)17-9-12-3-1-2-4-16(12)21-17/h1-9,14-15,19-20H,10H2. The Morgan fingerprint density at radius 3 is 2.52 bits per heavy atom. The highest BCUT2D eigenvalue weighted by molar-refractivity contribution is 6.30. The fourth-order valence-electron chi connectivity index (χ4n) is 2.83. The summed E-state index contributed by atoms with van der Waals surface area (Å²) in [6, 6.07) is 18.6. The molecule has 0 bridgehead atoms. The molecule has 21 heavy (non-hydrogen) atoms. The lowest BCUT2D eigenvalue weighted by atomic mass is 10.0. The third-order valence-electron chi connectivity index (χ3n) is 3.96. The summed E-state index contributed by atoms with van der Waals surface area (Å²) in [5, 5.41) is 1.91. The minimum Gasteiger partial charge on any atom is -0.459 e. The molecule has 2 aromatic carbocycles. The highest BCUT2D eigenvalue weighted by atomic mass is 35.5. The summed E-state index contributed by atoms with van der Waals surface area (Å²) in [6.45, 7) is 0. The Labute approximate surface area is 127 Å². The van der Waals surface area contributed by atoms with E-state index in [0.29, 0.717) is 0 Å². The lowest BCUT2D eigenvalue weighted by Gasteiger charge is -2.09. The van der Waals surface area contributed by atoms with E-state index in [1.54, 1.807) is 0 Å². The average molecular weight is 299 g/mol. The number of hydrogen-bond acceptors (Lipinski definition) is 3. The third kappa shape index (κ3) is 2.44. The second-order valence-electron chi connectivity index (χ2n) is 5.37. The van der Waals surface area contributed by atoms with Gasteiger partial charge in [-0.05, 0) is 36.2 Å². The summed E-state index contributed by atoms with van der Waals surface area (Å²) in [5.41, 5.74) is 8.81. The zero-order valence-electron chi connectivity index (χ0n) is 11.3. The molecule has 2 atom stereocenters. The van der Waals surface area contributed by atoms with Crippen LogP contribution in [-0.4, -0.2) is 0 Å². The SMILES string of the molecule is Clc1ccc(C2CC(c3cc4ccccc4o3)NN2)cc1. The van der Waals surface area contributed by atoms with E-state index in [2.05, 4.69) is 35.1 Å². The number of fused-ring (bicyclic) bond motifs is 1. The maximum Gasteiger partial charge on any atom is 0.134 e. The molecule has 1 aliphatic heterocycles. The first-order valence-electron chi connectivity index (χ1n) is 7.04. The molecule has 0 spiro atoms. The van der Waals surface area contributed by atoms with E-state index in [9.17, 15) is 0 Å². The van der Waals surface area contributed by atoms with Crippen molar-refractivity contribution in [2.75, 3.05) is 0 Å². The van der Waals surface area contributed by atoms with Crippen LogP contribution < -0.4 is 10.9 Å². The van der Waals surface area contributed by atoms with Gasteiger partial charge >= 0.3 is 0 Å². The van der Waals surface area contributed by atoms with E-state index in [-0.39, 0.29) is 12.1 Å². The smallest absolute Gasteiger partial charge is 0.134 e. The molecular weight excluding hydrogens is 284 g/mol. The summed E-state index contributed by atoms with van der Waals surface area (Å²) < 4.78 is 5.93. The van der Waals surface area contributed by atoms with Crippen LogP contribution in [0.1, 0.15) is 29.8 Å². The molecule has 3 nitrogen and oxygen atoms in total. The predicted octanol–water partition coefficient (Wildman–Crippen LogP) is 4.37. The van der Waals surface area contributed by atoms with Gasteiger partial charge in [0.1, 0.15) is 11.3 Å². The number of hydrogen-bond donors (Lipinski definition) is 2. The third-order valence-corrected chi connectivity index (χ3v) is 4.22. The lowest BCUT2D eigenvalue weighted by Crippen LogP contribution is -2.26. The monoisotopic (exact) mass is 298 g/mol. The van der Waals surface area contributed by atoms with Gasteiger partial charge in [-0.3, -0.25) is 0 Å². The van der Waals surface area contributed by atoms with E-state index < -0.39 is 0 Å². The Morgan fingerprint density at radius 1 is 0.952 bits per heavy atom. The van der Waals surface area contributed by atoms with Gasteiger partial charge in [0.15, 0.2) is 0 Å². The molecule has 0 aliphatic carbocycles. The van der Waals surface area contributed by atoms with E-state index in [0.717, 1.165) is 28.2 Å². The van der Waals surface area contributed by atoms with Crippen molar-refractivity contribution >= 4 is 22.6 Å². The van der Waals surface area contributed by atoms with Crippen molar-refractivity contribution in [3.8, 4) is 0 Å². The topological polar surface area (TPSA) is 37.2 Å². The average Bonchev–Trinajstić information content (AvgIpc) is 3.14. The molecule has 1 aliphatic rings. The van der Waals surface area contributed by atoms with E-state index >= 15 is 0 Å². The highest BCUT2D eigenvalue weighted by Crippen LogP contribution is 2.33. The Kier molecular flexibility index (Phi) is 3.19. The van der Waals surface area contributed by atoms with E-state index in [4.69, 9.17) is 16.0 Å². The first-order valence-corrected chi connectivity index (χ1v) is 7.42. The number of halogens is 1. The van der Waals surface area contributed by atoms with Gasteiger partial charge < -0.3 is 4.42 Å². The summed E-state index contributed by atoms with van der Waals surface area (Å²) in [7, 11) is 0. The van der Waals surface area contributed by atoms with Crippen LogP contribution in [0.3, 0.4) is 0 Å². The van der Waals surface area contributed by atoms with Crippen LogP contribution in [-0.2, 0) is 0 Å². The van der Waals surface area contributed by atoms with E-state index in [1.807, 2.05) is 30.3 Å². The Bertz CT molecular complexity index is 733. The number of para-hydroxylation sites is 1. The second kappa shape index (κ2) is 5.19. The van der Waals surface area contributed by atoms with Gasteiger partial charge in [-0.25, -0.2) is 10.9 Å². The first kappa shape index (κ1) is 12.9. The number of furan rings is 1. The van der Waals surface area contributed by atoms with Gasteiger partial charge in [0.2, 0.25) is 0 Å². The van der Waals surface area contributed by atoms with Crippen molar-refractivity contribution in [1.82, 2.24) is 10.9 Å². The fourth-order valence-corrected chi connectivity index (χ4v) is 2.96. The summed E-state index contributed by atoms with van der Waals surface area (Å²) in [4.78, 5) is 0. The molecule has 106 valence electrons. The van der Waals surface area contributed by atoms with Crippen molar-refractivity contribution in [2.45, 2.75) is 18.5 Å². The van der Waals surface area contributed by atoms with Crippen LogP contribution in [0.15, 0.2) is 59.0 Å². The van der Waals surface area contributed by atoms with Gasteiger partial charge in [-0.2, -0.15) is 0 Å². The normalized spacial score (nSPS) is 22.0. The van der Waals surface area contributed by atoms with Crippen molar-refractivity contribution in [1.29, 1.82) is 0 Å². The Hall–Kier alpha value is -1.81. The number of rotatable bonds is 2. The molecule has 0 saturated carbocycles. The zero-order valence-corrected chi connectivity index (χ0v) is 12.1. The molecule has 3 aromatic rings. The van der Waals surface area contributed by atoms with Crippen molar-refractivity contribution in [3.05, 3.63) is 70.9 Å². The van der Waals surface area contributed by atoms with Gasteiger partial charge in [-0.15, -0.1) is 0 Å². The quantitative estimate of drug-likeness (QED) is 0.738. The second-order valence-corrected chi connectivity index (χ2v) is 5.80. The summed E-state index contributed by atoms with van der Waals surface area (Å²) in [5.74, 6) is 0.972. The molecule has 1 aromatic heterocycles. The van der Waals surface area contributed by atoms with Gasteiger partial charge in [0.25, 0.3) is 0 Å². The number of hydrazine groups is 1. The predicted molar refractivity (Wildman–Crippen MR) is 84.0 cm³/mol. The van der Waals surface area contributed by atoms with Gasteiger partial charge in [0.05, 0.1) is 6.04 Å². The molecule has 1 saturated heterocycles. The first-order chi connectivity index (χ1) is 10.3. The maximum atomic E-state index is 5.94. The highest BCUT2D eigenvalue weighted by Gasteiger charge is 2.28. The minimum atomic E-state index is 0.179. The largest absolute Gasteiger partial charge is 0.459 e. The fraction of sp³-hybridized carbons (Fsp3) is 0.176. The van der Waals surface area contributed by atoms with Crippen LogP contribution in [0.2, 0.25) is 5.02 Å². The van der Waals surface area contributed by atoms with Crippen molar-refractivity contribution in [3.63, 3.8) is 0 Å².